The summed E-state index contributed by atoms with van der Waals surface area (Å²) in [5.41, 5.74) is -0.0280. The fourth-order valence-corrected chi connectivity index (χ4v) is 3.78. The Bertz CT molecular complexity index is 1030. The van der Waals surface area contributed by atoms with Crippen molar-refractivity contribution in [3.8, 4) is 0 Å². The molecule has 0 unspecified atom stereocenters. The maximum Gasteiger partial charge on any atom is 0.416 e. The van der Waals surface area contributed by atoms with Crippen LogP contribution in [-0.2, 0) is 22.1 Å². The Kier molecular flexibility index (Phi) is 6.47. The summed E-state index contributed by atoms with van der Waals surface area (Å²) < 4.78 is 44.9. The van der Waals surface area contributed by atoms with E-state index in [2.05, 4.69) is 5.32 Å². The summed E-state index contributed by atoms with van der Waals surface area (Å²) in [6.07, 6.45) is -5.06. The number of nitrogens with one attached hydrogen (secondary N) is 1. The Morgan fingerprint density at radius 1 is 1.19 bits per heavy atom. The minimum absolute atomic E-state index is 0.205. The van der Waals surface area contributed by atoms with E-state index in [0.29, 0.717) is 16.3 Å². The van der Waals surface area contributed by atoms with Gasteiger partial charge in [-0.2, -0.15) is 13.2 Å². The number of fused-ring (bicyclic) bond motifs is 1. The zero-order valence-electron chi connectivity index (χ0n) is 18.1. The number of carbonyl (C=O) groups is 2. The van der Waals surface area contributed by atoms with E-state index in [9.17, 15) is 22.8 Å². The van der Waals surface area contributed by atoms with E-state index < -0.39 is 41.4 Å². The van der Waals surface area contributed by atoms with Crippen LogP contribution < -0.4 is 10.2 Å². The van der Waals surface area contributed by atoms with Crippen molar-refractivity contribution < 1.29 is 27.5 Å². The van der Waals surface area contributed by atoms with Gasteiger partial charge in [0.15, 0.2) is 0 Å². The van der Waals surface area contributed by atoms with E-state index in [-0.39, 0.29) is 6.42 Å². The highest BCUT2D eigenvalue weighted by atomic mass is 35.5. The molecule has 3 rings (SSSR count). The molecule has 2 aromatic carbocycles. The maximum absolute atomic E-state index is 13.4. The Balaban J connectivity index is 1.98. The number of benzene rings is 2. The third-order valence-corrected chi connectivity index (χ3v) is 5.28. The molecule has 2 amide bonds. The SMILES string of the molecule is C[C@@H](c1cccc(C(F)(F)F)c1)N1C(=O)[C@H](NC(=O)OC(C)(C)C)Cc2ccc(Cl)cc21. The molecule has 1 heterocycles. The Labute approximate surface area is 189 Å². The fraction of sp³-hybridized carbons (Fsp3) is 0.391. The second-order valence-electron chi connectivity index (χ2n) is 8.68. The van der Waals surface area contributed by atoms with Crippen molar-refractivity contribution in [2.24, 2.45) is 0 Å². The molecule has 5 nitrogen and oxygen atoms in total. The van der Waals surface area contributed by atoms with Gasteiger partial charge in [0.25, 0.3) is 5.91 Å². The third kappa shape index (κ3) is 5.35. The smallest absolute Gasteiger partial charge is 0.416 e. The lowest BCUT2D eigenvalue weighted by Gasteiger charge is -2.38. The van der Waals surface area contributed by atoms with Crippen LogP contribution in [0.25, 0.3) is 0 Å². The standard InChI is InChI=1S/C23H24ClF3N2O3/c1-13(14-6-5-7-16(10-14)23(25,26)27)29-19-12-17(24)9-8-15(19)11-18(20(29)30)28-21(31)32-22(2,3)4/h5-10,12-13,18H,11H2,1-4H3,(H,28,31)/t13-,18+/m0/s1. The number of ether oxygens (including phenoxy) is 1. The van der Waals surface area contributed by atoms with Crippen molar-refractivity contribution in [2.45, 2.75) is 58.0 Å². The van der Waals surface area contributed by atoms with Gasteiger partial charge in [-0.1, -0.05) is 29.8 Å². The highest BCUT2D eigenvalue weighted by molar-refractivity contribution is 6.31. The van der Waals surface area contributed by atoms with Gasteiger partial charge >= 0.3 is 12.3 Å². The number of alkyl halides is 3. The Hall–Kier alpha value is -2.74. The molecule has 1 aliphatic heterocycles. The number of nitrogens with zero attached hydrogens (tertiary/aromatic N) is 1. The largest absolute Gasteiger partial charge is 0.444 e. The molecular formula is C23H24ClF3N2O3. The van der Waals surface area contributed by atoms with E-state index in [1.54, 1.807) is 45.9 Å². The lowest BCUT2D eigenvalue weighted by atomic mass is 9.93. The number of amides is 2. The highest BCUT2D eigenvalue weighted by Gasteiger charge is 2.38. The molecule has 1 N–H and O–H groups in total. The molecule has 2 atom stereocenters. The first-order valence-electron chi connectivity index (χ1n) is 10.0. The minimum atomic E-state index is -4.51. The summed E-state index contributed by atoms with van der Waals surface area (Å²) in [4.78, 5) is 27.1. The molecule has 0 saturated carbocycles. The average molecular weight is 469 g/mol. The first kappa shape index (κ1) is 23.9. The van der Waals surface area contributed by atoms with Crippen LogP contribution in [0.5, 0.6) is 0 Å². The van der Waals surface area contributed by atoms with Gasteiger partial charge < -0.3 is 15.0 Å². The monoisotopic (exact) mass is 468 g/mol. The first-order chi connectivity index (χ1) is 14.8. The summed E-state index contributed by atoms with van der Waals surface area (Å²) in [5, 5.41) is 2.97. The number of anilines is 1. The van der Waals surface area contributed by atoms with Crippen LogP contribution in [0.3, 0.4) is 0 Å². The van der Waals surface area contributed by atoms with Crippen molar-refractivity contribution >= 4 is 29.3 Å². The molecule has 0 radical (unpaired) electrons. The van der Waals surface area contributed by atoms with Crippen molar-refractivity contribution in [3.63, 3.8) is 0 Å². The van der Waals surface area contributed by atoms with Gasteiger partial charge in [-0.05, 0) is 63.1 Å². The van der Waals surface area contributed by atoms with Crippen LogP contribution in [0.15, 0.2) is 42.5 Å². The van der Waals surface area contributed by atoms with Crippen molar-refractivity contribution in [1.82, 2.24) is 5.32 Å². The van der Waals surface area contributed by atoms with E-state index in [1.807, 2.05) is 0 Å². The van der Waals surface area contributed by atoms with E-state index in [1.165, 1.54) is 17.0 Å². The molecule has 172 valence electrons. The number of carbonyl (C=O) groups excluding carboxylic acids is 2. The van der Waals surface area contributed by atoms with Gasteiger partial charge in [0.2, 0.25) is 0 Å². The van der Waals surface area contributed by atoms with Gasteiger partial charge in [-0.3, -0.25) is 4.79 Å². The molecule has 9 heteroatoms. The second kappa shape index (κ2) is 8.65. The minimum Gasteiger partial charge on any atom is -0.444 e. The summed E-state index contributed by atoms with van der Waals surface area (Å²) in [5.74, 6) is -0.462. The van der Waals surface area contributed by atoms with Crippen LogP contribution in [0.2, 0.25) is 5.02 Å². The molecule has 0 fully saturated rings. The predicted octanol–water partition coefficient (Wildman–Crippen LogP) is 5.90. The second-order valence-corrected chi connectivity index (χ2v) is 9.12. The van der Waals surface area contributed by atoms with E-state index in [4.69, 9.17) is 16.3 Å². The molecular weight excluding hydrogens is 445 g/mol. The topological polar surface area (TPSA) is 58.6 Å². The van der Waals surface area contributed by atoms with Crippen molar-refractivity contribution in [1.29, 1.82) is 0 Å². The Morgan fingerprint density at radius 2 is 1.88 bits per heavy atom. The lowest BCUT2D eigenvalue weighted by Crippen LogP contribution is -2.54. The Morgan fingerprint density at radius 3 is 2.50 bits per heavy atom. The zero-order chi connectivity index (χ0) is 23.8. The fourth-order valence-electron chi connectivity index (χ4n) is 3.61. The van der Waals surface area contributed by atoms with Gasteiger partial charge in [-0.15, -0.1) is 0 Å². The predicted molar refractivity (Wildman–Crippen MR) is 116 cm³/mol. The normalized spacial score (nSPS) is 17.6. The van der Waals surface area contributed by atoms with Crippen LogP contribution in [-0.4, -0.2) is 23.6 Å². The van der Waals surface area contributed by atoms with Crippen LogP contribution in [0.4, 0.5) is 23.7 Å². The quantitative estimate of drug-likeness (QED) is 0.610. The average Bonchev–Trinajstić information content (AvgIpc) is 2.66. The molecule has 0 aliphatic carbocycles. The van der Waals surface area contributed by atoms with Gasteiger partial charge in [-0.25, -0.2) is 4.79 Å². The van der Waals surface area contributed by atoms with Crippen LogP contribution in [0.1, 0.15) is 50.4 Å². The maximum atomic E-state index is 13.4. The number of halogens is 4. The van der Waals surface area contributed by atoms with Gasteiger partial charge in [0.1, 0.15) is 11.6 Å². The van der Waals surface area contributed by atoms with Crippen molar-refractivity contribution in [2.75, 3.05) is 4.90 Å². The number of rotatable bonds is 3. The van der Waals surface area contributed by atoms with E-state index >= 15 is 0 Å². The van der Waals surface area contributed by atoms with Crippen LogP contribution >= 0.6 is 11.6 Å². The van der Waals surface area contributed by atoms with Gasteiger partial charge in [0, 0.05) is 17.1 Å². The molecule has 32 heavy (non-hydrogen) atoms. The van der Waals surface area contributed by atoms with Gasteiger partial charge in [0.05, 0.1) is 11.6 Å². The summed E-state index contributed by atoms with van der Waals surface area (Å²) in [6, 6.07) is 8.15. The van der Waals surface area contributed by atoms with E-state index in [0.717, 1.165) is 17.7 Å². The molecule has 0 saturated heterocycles. The van der Waals surface area contributed by atoms with Crippen LogP contribution in [0, 0.1) is 0 Å². The summed E-state index contributed by atoms with van der Waals surface area (Å²) >= 11 is 6.14. The molecule has 2 aromatic rings. The zero-order valence-corrected chi connectivity index (χ0v) is 18.8. The molecule has 0 spiro atoms. The molecule has 1 aliphatic rings. The summed E-state index contributed by atoms with van der Waals surface area (Å²) in [7, 11) is 0. The van der Waals surface area contributed by atoms with Crippen molar-refractivity contribution in [3.05, 3.63) is 64.2 Å². The number of hydrogen-bond donors (Lipinski definition) is 1. The highest BCUT2D eigenvalue weighted by Crippen LogP contribution is 2.38. The molecule has 0 bridgehead atoms. The number of hydrogen-bond acceptors (Lipinski definition) is 3. The third-order valence-electron chi connectivity index (χ3n) is 5.04. The first-order valence-corrected chi connectivity index (χ1v) is 10.4. The lowest BCUT2D eigenvalue weighted by molar-refractivity contribution is -0.137. The number of alkyl carbamates (subject to hydrolysis) is 1. The molecule has 0 aromatic heterocycles. The summed E-state index contributed by atoms with van der Waals surface area (Å²) in [6.45, 7) is 6.74.